The minimum absolute atomic E-state index is 0.0279. The first-order valence-electron chi connectivity index (χ1n) is 5.14. The van der Waals surface area contributed by atoms with Crippen LogP contribution in [0.4, 0.5) is 11.6 Å². The molecule has 0 amide bonds. The van der Waals surface area contributed by atoms with Gasteiger partial charge in [0.25, 0.3) is 4.96 Å². The van der Waals surface area contributed by atoms with Crippen LogP contribution in [0, 0.1) is 10.1 Å². The number of carboxylic acid groups (broad SMARTS) is 1. The number of rotatable bonds is 6. The van der Waals surface area contributed by atoms with Crippen molar-refractivity contribution < 1.29 is 19.6 Å². The summed E-state index contributed by atoms with van der Waals surface area (Å²) in [5, 5.41) is 24.1. The lowest BCUT2D eigenvalue weighted by molar-refractivity contribution is -0.389. The van der Waals surface area contributed by atoms with E-state index in [1.165, 1.54) is 29.0 Å². The van der Waals surface area contributed by atoms with Gasteiger partial charge < -0.3 is 25.3 Å². The van der Waals surface area contributed by atoms with Crippen molar-refractivity contribution >= 4 is 33.9 Å². The summed E-state index contributed by atoms with van der Waals surface area (Å²) in [7, 11) is 1.25. The number of carboxylic acids is 1. The fourth-order valence-corrected chi connectivity index (χ4v) is 2.24. The predicted octanol–water partition coefficient (Wildman–Crippen LogP) is 0.815. The average molecular weight is 286 g/mol. The van der Waals surface area contributed by atoms with Gasteiger partial charge in [0.2, 0.25) is 5.82 Å². The van der Waals surface area contributed by atoms with Crippen molar-refractivity contribution in [3.63, 3.8) is 0 Å². The summed E-state index contributed by atoms with van der Waals surface area (Å²) in [4.78, 5) is 25.7. The van der Waals surface area contributed by atoms with E-state index in [0.29, 0.717) is 4.96 Å². The fraction of sp³-hybridized carbons (Fsp3) is 0.333. The lowest BCUT2D eigenvalue weighted by Gasteiger charge is -2.10. The third kappa shape index (κ3) is 2.48. The molecule has 9 nitrogen and oxygen atoms in total. The average Bonchev–Trinajstić information content (AvgIpc) is 2.88. The second-order valence-corrected chi connectivity index (χ2v) is 4.41. The Hall–Kier alpha value is -2.20. The molecule has 10 heteroatoms. The van der Waals surface area contributed by atoms with E-state index in [0.717, 1.165) is 0 Å². The smallest absolute Gasteiger partial charge is 0.372 e. The lowest BCUT2D eigenvalue weighted by atomic mass is 10.3. The molecule has 0 radical (unpaired) electrons. The number of nitrogens with zero attached hydrogens (tertiary/aromatic N) is 3. The van der Waals surface area contributed by atoms with Crippen LogP contribution in [0.15, 0.2) is 11.6 Å². The Kier molecular flexibility index (Phi) is 3.62. The van der Waals surface area contributed by atoms with Crippen LogP contribution in [-0.2, 0) is 9.53 Å². The number of hydrogen-bond donors (Lipinski definition) is 2. The zero-order valence-corrected chi connectivity index (χ0v) is 10.6. The number of carbonyl (C=O) groups is 1. The predicted molar refractivity (Wildman–Crippen MR) is 66.6 cm³/mol. The SMILES string of the molecule is COC(CNc1nc2sccn2c1[N+](=O)[O-])C(=O)O. The highest BCUT2D eigenvalue weighted by Gasteiger charge is 2.25. The molecule has 0 aliphatic rings. The van der Waals surface area contributed by atoms with Gasteiger partial charge in [-0.25, -0.2) is 4.79 Å². The first kappa shape index (κ1) is 13.2. The van der Waals surface area contributed by atoms with Crippen LogP contribution >= 0.6 is 11.3 Å². The molecule has 2 aromatic rings. The number of anilines is 1. The van der Waals surface area contributed by atoms with Gasteiger partial charge in [0.1, 0.15) is 6.20 Å². The second kappa shape index (κ2) is 5.20. The molecule has 2 N–H and O–H groups in total. The van der Waals surface area contributed by atoms with E-state index in [4.69, 9.17) is 9.84 Å². The van der Waals surface area contributed by atoms with E-state index < -0.39 is 17.0 Å². The molecule has 1 atom stereocenters. The molecule has 1 unspecified atom stereocenters. The highest BCUT2D eigenvalue weighted by molar-refractivity contribution is 7.15. The Morgan fingerprint density at radius 2 is 2.53 bits per heavy atom. The highest BCUT2D eigenvalue weighted by atomic mass is 32.1. The number of hydrogen-bond acceptors (Lipinski definition) is 7. The van der Waals surface area contributed by atoms with Crippen LogP contribution < -0.4 is 5.32 Å². The molecule has 0 saturated carbocycles. The first-order chi connectivity index (χ1) is 9.04. The number of nitrogens with one attached hydrogen (secondary N) is 1. The molecule has 0 aromatic carbocycles. The van der Waals surface area contributed by atoms with Crippen LogP contribution in [0.2, 0.25) is 0 Å². The molecule has 0 spiro atoms. The van der Waals surface area contributed by atoms with Crippen LogP contribution in [0.5, 0.6) is 0 Å². The lowest BCUT2D eigenvalue weighted by Crippen LogP contribution is -2.30. The molecule has 0 fully saturated rings. The minimum Gasteiger partial charge on any atom is -0.479 e. The van der Waals surface area contributed by atoms with Crippen LogP contribution in [0.1, 0.15) is 0 Å². The topological polar surface area (TPSA) is 119 Å². The number of thiazole rings is 1. The van der Waals surface area contributed by atoms with Gasteiger partial charge in [0.05, 0.1) is 6.54 Å². The Bertz CT molecular complexity index is 621. The molecule has 19 heavy (non-hydrogen) atoms. The molecule has 102 valence electrons. The molecule has 2 aromatic heterocycles. The Labute approximate surface area is 110 Å². The molecule has 0 aliphatic carbocycles. The molecule has 0 aliphatic heterocycles. The second-order valence-electron chi connectivity index (χ2n) is 3.54. The van der Waals surface area contributed by atoms with E-state index >= 15 is 0 Å². The van der Waals surface area contributed by atoms with Gasteiger partial charge in [-0.2, -0.15) is 9.38 Å². The molecule has 0 saturated heterocycles. The largest absolute Gasteiger partial charge is 0.479 e. The number of ether oxygens (including phenoxy) is 1. The molecular formula is C9H10N4O5S. The maximum absolute atomic E-state index is 11.0. The summed E-state index contributed by atoms with van der Waals surface area (Å²) in [5.41, 5.74) is 0. The van der Waals surface area contributed by atoms with Gasteiger partial charge in [-0.15, -0.1) is 0 Å². The molecular weight excluding hydrogens is 276 g/mol. The first-order valence-corrected chi connectivity index (χ1v) is 6.02. The van der Waals surface area contributed by atoms with E-state index in [1.54, 1.807) is 5.38 Å². The van der Waals surface area contributed by atoms with Gasteiger partial charge in [-0.05, 0) is 4.92 Å². The van der Waals surface area contributed by atoms with Crippen LogP contribution in [0.3, 0.4) is 0 Å². The Morgan fingerprint density at radius 1 is 1.79 bits per heavy atom. The number of imidazole rings is 1. The van der Waals surface area contributed by atoms with Gasteiger partial charge in [0.15, 0.2) is 6.10 Å². The summed E-state index contributed by atoms with van der Waals surface area (Å²) in [6.07, 6.45) is 0.431. The van der Waals surface area contributed by atoms with Crippen molar-refractivity contribution in [1.82, 2.24) is 9.38 Å². The summed E-state index contributed by atoms with van der Waals surface area (Å²) in [6, 6.07) is 0. The van der Waals surface area contributed by atoms with Crippen molar-refractivity contribution in [2.75, 3.05) is 19.0 Å². The van der Waals surface area contributed by atoms with E-state index in [9.17, 15) is 14.9 Å². The number of aliphatic carboxylic acids is 1. The monoisotopic (exact) mass is 286 g/mol. The zero-order valence-electron chi connectivity index (χ0n) is 9.77. The maximum atomic E-state index is 11.0. The van der Waals surface area contributed by atoms with Crippen LogP contribution in [-0.4, -0.2) is 45.1 Å². The van der Waals surface area contributed by atoms with E-state index in [-0.39, 0.29) is 18.2 Å². The normalized spacial score (nSPS) is 12.5. The number of methoxy groups -OCH3 is 1. The van der Waals surface area contributed by atoms with Crippen molar-refractivity contribution in [2.24, 2.45) is 0 Å². The highest BCUT2D eigenvalue weighted by Crippen LogP contribution is 2.27. The summed E-state index contributed by atoms with van der Waals surface area (Å²) in [6.45, 7) is -0.114. The van der Waals surface area contributed by atoms with Crippen LogP contribution in [0.25, 0.3) is 4.96 Å². The summed E-state index contributed by atoms with van der Waals surface area (Å²) >= 11 is 1.25. The van der Waals surface area contributed by atoms with E-state index in [1.807, 2.05) is 0 Å². The Morgan fingerprint density at radius 3 is 3.11 bits per heavy atom. The minimum atomic E-state index is -1.15. The molecule has 0 bridgehead atoms. The standard InChI is InChI=1S/C9H10N4O5S/c1-18-5(8(14)15)4-10-6-7(13(16)17)12-2-3-19-9(12)11-6/h2-3,5,10H,4H2,1H3,(H,14,15). The quantitative estimate of drug-likeness (QED) is 0.595. The molecule has 2 rings (SSSR count). The van der Waals surface area contributed by atoms with Crippen molar-refractivity contribution in [1.29, 1.82) is 0 Å². The van der Waals surface area contributed by atoms with Gasteiger partial charge in [0, 0.05) is 12.5 Å². The van der Waals surface area contributed by atoms with Gasteiger partial charge in [-0.1, -0.05) is 11.3 Å². The zero-order chi connectivity index (χ0) is 14.0. The third-order valence-corrected chi connectivity index (χ3v) is 3.18. The van der Waals surface area contributed by atoms with Crippen molar-refractivity contribution in [2.45, 2.75) is 6.10 Å². The number of aromatic nitrogens is 2. The van der Waals surface area contributed by atoms with Gasteiger partial charge >= 0.3 is 11.8 Å². The third-order valence-electron chi connectivity index (χ3n) is 2.42. The van der Waals surface area contributed by atoms with Gasteiger partial charge in [-0.3, -0.25) is 0 Å². The summed E-state index contributed by atoms with van der Waals surface area (Å²) in [5.74, 6) is -1.35. The summed E-state index contributed by atoms with van der Waals surface area (Å²) < 4.78 is 6.05. The maximum Gasteiger partial charge on any atom is 0.372 e. The number of fused-ring (bicyclic) bond motifs is 1. The Balaban J connectivity index is 2.25. The number of nitro groups is 1. The van der Waals surface area contributed by atoms with Crippen molar-refractivity contribution in [3.05, 3.63) is 21.7 Å². The van der Waals surface area contributed by atoms with Crippen molar-refractivity contribution in [3.8, 4) is 0 Å². The molecule has 2 heterocycles. The fourth-order valence-electron chi connectivity index (χ4n) is 1.53. The van der Waals surface area contributed by atoms with E-state index in [2.05, 4.69) is 10.3 Å².